The lowest BCUT2D eigenvalue weighted by Crippen LogP contribution is -2.42. The summed E-state index contributed by atoms with van der Waals surface area (Å²) in [5.74, 6) is 0.196. The molecule has 7 heteroatoms. The summed E-state index contributed by atoms with van der Waals surface area (Å²) in [6.45, 7) is -1.14. The van der Waals surface area contributed by atoms with Crippen molar-refractivity contribution in [3.63, 3.8) is 0 Å². The van der Waals surface area contributed by atoms with Gasteiger partial charge in [0, 0.05) is 25.2 Å². The molecule has 1 aromatic carbocycles. The molecule has 0 bridgehead atoms. The molecule has 1 aromatic rings. The molecule has 0 unspecified atom stereocenters. The number of anilines is 1. The van der Waals surface area contributed by atoms with Gasteiger partial charge in [0.05, 0.1) is 12.2 Å². The predicted octanol–water partition coefficient (Wildman–Crippen LogP) is 2.08. The van der Waals surface area contributed by atoms with Gasteiger partial charge in [-0.15, -0.1) is 0 Å². The number of hydrogen-bond acceptors (Lipinski definition) is 4. The molecule has 0 radical (unpaired) electrons. The predicted molar refractivity (Wildman–Crippen MR) is 87.5 cm³/mol. The number of amides is 1. The highest BCUT2D eigenvalue weighted by Crippen LogP contribution is 2.31. The van der Waals surface area contributed by atoms with E-state index in [1.807, 2.05) is 11.9 Å². The molecule has 1 amide bonds. The number of rotatable bonds is 7. The zero-order chi connectivity index (χ0) is 17.1. The summed E-state index contributed by atoms with van der Waals surface area (Å²) in [6, 6.07) is 7.36. The minimum atomic E-state index is -2.85. The van der Waals surface area contributed by atoms with Gasteiger partial charge in [0.1, 0.15) is 5.75 Å². The van der Waals surface area contributed by atoms with Gasteiger partial charge in [0.25, 0.3) is 0 Å². The summed E-state index contributed by atoms with van der Waals surface area (Å²) in [5.41, 5.74) is 0.643. The summed E-state index contributed by atoms with van der Waals surface area (Å²) in [4.78, 5) is 16.2. The molecule has 0 spiro atoms. The monoisotopic (exact) mass is 339 g/mol. The fourth-order valence-electron chi connectivity index (χ4n) is 3.16. The number of nitrogens with zero attached hydrogens (tertiary/aromatic N) is 2. The molecule has 1 heterocycles. The van der Waals surface area contributed by atoms with E-state index in [-0.39, 0.29) is 17.7 Å². The minimum absolute atomic E-state index is 0.0216. The van der Waals surface area contributed by atoms with Crippen molar-refractivity contribution in [3.05, 3.63) is 24.3 Å². The molecule has 1 aliphatic carbocycles. The lowest BCUT2D eigenvalue weighted by Gasteiger charge is -2.22. The van der Waals surface area contributed by atoms with Gasteiger partial charge >= 0.3 is 6.61 Å². The van der Waals surface area contributed by atoms with Crippen LogP contribution < -0.4 is 15.0 Å². The number of alkyl halides is 2. The van der Waals surface area contributed by atoms with E-state index in [0.717, 1.165) is 6.42 Å². The second-order valence-corrected chi connectivity index (χ2v) is 6.49. The Hall–Kier alpha value is -1.89. The van der Waals surface area contributed by atoms with Crippen molar-refractivity contribution in [2.45, 2.75) is 38.0 Å². The smallest absolute Gasteiger partial charge is 0.387 e. The van der Waals surface area contributed by atoms with E-state index in [1.165, 1.54) is 18.9 Å². The molecule has 132 valence electrons. The van der Waals surface area contributed by atoms with Gasteiger partial charge in [-0.2, -0.15) is 8.78 Å². The van der Waals surface area contributed by atoms with Gasteiger partial charge in [-0.05, 0) is 38.4 Å². The normalized spacial score (nSPS) is 20.7. The van der Waals surface area contributed by atoms with Gasteiger partial charge in [0.15, 0.2) is 0 Å². The van der Waals surface area contributed by atoms with E-state index in [0.29, 0.717) is 31.4 Å². The second kappa shape index (κ2) is 7.34. The molecule has 1 atom stereocenters. The average Bonchev–Trinajstić information content (AvgIpc) is 3.28. The van der Waals surface area contributed by atoms with Crippen LogP contribution in [-0.4, -0.2) is 56.2 Å². The topological polar surface area (TPSA) is 44.8 Å². The van der Waals surface area contributed by atoms with Crippen molar-refractivity contribution in [1.29, 1.82) is 0 Å². The first-order chi connectivity index (χ1) is 11.5. The number of likely N-dealkylation sites (N-methyl/N-ethyl adjacent to an activating group) is 1. The van der Waals surface area contributed by atoms with Gasteiger partial charge in [-0.3, -0.25) is 9.69 Å². The first-order valence-corrected chi connectivity index (χ1v) is 8.31. The molecular formula is C17H23F2N3O2. The van der Waals surface area contributed by atoms with Crippen LogP contribution in [0.25, 0.3) is 0 Å². The van der Waals surface area contributed by atoms with E-state index < -0.39 is 6.61 Å². The van der Waals surface area contributed by atoms with Gasteiger partial charge in [-0.25, -0.2) is 0 Å². The number of para-hydroxylation sites is 2. The van der Waals surface area contributed by atoms with Crippen LogP contribution in [0.1, 0.15) is 19.3 Å². The maximum atomic E-state index is 12.5. The van der Waals surface area contributed by atoms with E-state index in [1.54, 1.807) is 18.2 Å². The fraction of sp³-hybridized carbons (Fsp3) is 0.588. The Morgan fingerprint density at radius 2 is 2.12 bits per heavy atom. The van der Waals surface area contributed by atoms with Crippen LogP contribution in [0.5, 0.6) is 5.75 Å². The van der Waals surface area contributed by atoms with Gasteiger partial charge < -0.3 is 15.0 Å². The van der Waals surface area contributed by atoms with Crippen molar-refractivity contribution in [3.8, 4) is 5.75 Å². The molecule has 2 aliphatic rings. The number of nitrogens with one attached hydrogen (secondary N) is 1. The summed E-state index contributed by atoms with van der Waals surface area (Å²) >= 11 is 0. The first-order valence-electron chi connectivity index (χ1n) is 8.31. The van der Waals surface area contributed by atoms with E-state index in [2.05, 4.69) is 15.0 Å². The zero-order valence-corrected chi connectivity index (χ0v) is 13.8. The Bertz CT molecular complexity index is 581. The molecular weight excluding hydrogens is 316 g/mol. The standard InChI is InChI=1S/C17H23F2N3O2/c1-21(13-6-7-13)11-16(23)20-12-8-9-22(10-12)14-4-2-3-5-15(14)24-17(18)19/h2-5,12-13,17H,6-11H2,1H3,(H,20,23)/t12-/m1/s1. The molecule has 2 fully saturated rings. The quantitative estimate of drug-likeness (QED) is 0.826. The fourth-order valence-corrected chi connectivity index (χ4v) is 3.16. The highest BCUT2D eigenvalue weighted by molar-refractivity contribution is 5.78. The third kappa shape index (κ3) is 4.35. The Morgan fingerprint density at radius 3 is 2.83 bits per heavy atom. The molecule has 1 saturated heterocycles. The molecule has 3 rings (SSSR count). The van der Waals surface area contributed by atoms with Crippen molar-refractivity contribution in [1.82, 2.24) is 10.2 Å². The van der Waals surface area contributed by atoms with Crippen LogP contribution in [-0.2, 0) is 4.79 Å². The SMILES string of the molecule is CN(CC(=O)N[C@@H]1CCN(c2ccccc2OC(F)F)C1)C1CC1. The molecule has 1 aliphatic heterocycles. The Labute approximate surface area is 140 Å². The lowest BCUT2D eigenvalue weighted by molar-refractivity contribution is -0.122. The number of carbonyl (C=O) groups is 1. The zero-order valence-electron chi connectivity index (χ0n) is 13.8. The molecule has 1 N–H and O–H groups in total. The van der Waals surface area contributed by atoms with Crippen LogP contribution in [0.4, 0.5) is 14.5 Å². The summed E-state index contributed by atoms with van der Waals surface area (Å²) in [5, 5.41) is 3.04. The maximum Gasteiger partial charge on any atom is 0.387 e. The van der Waals surface area contributed by atoms with Gasteiger partial charge in [0.2, 0.25) is 5.91 Å². The van der Waals surface area contributed by atoms with Crippen molar-refractivity contribution in [2.24, 2.45) is 0 Å². The van der Waals surface area contributed by atoms with Crippen LogP contribution in [0.15, 0.2) is 24.3 Å². The van der Waals surface area contributed by atoms with Crippen molar-refractivity contribution < 1.29 is 18.3 Å². The largest absolute Gasteiger partial charge is 0.433 e. The van der Waals surface area contributed by atoms with Crippen LogP contribution in [0, 0.1) is 0 Å². The molecule has 1 saturated carbocycles. The maximum absolute atomic E-state index is 12.5. The highest BCUT2D eigenvalue weighted by Gasteiger charge is 2.29. The highest BCUT2D eigenvalue weighted by atomic mass is 19.3. The summed E-state index contributed by atoms with van der Waals surface area (Å²) in [6.07, 6.45) is 3.13. The number of halogens is 2. The number of benzene rings is 1. The van der Waals surface area contributed by atoms with Gasteiger partial charge in [-0.1, -0.05) is 12.1 Å². The number of carbonyl (C=O) groups excluding carboxylic acids is 1. The van der Waals surface area contributed by atoms with Crippen LogP contribution in [0.2, 0.25) is 0 Å². The molecule has 24 heavy (non-hydrogen) atoms. The van der Waals surface area contributed by atoms with Crippen molar-refractivity contribution in [2.75, 3.05) is 31.6 Å². The molecule has 0 aromatic heterocycles. The average molecular weight is 339 g/mol. The Morgan fingerprint density at radius 1 is 1.38 bits per heavy atom. The Balaban J connectivity index is 1.54. The lowest BCUT2D eigenvalue weighted by atomic mass is 10.2. The van der Waals surface area contributed by atoms with Crippen LogP contribution in [0.3, 0.4) is 0 Å². The Kier molecular flexibility index (Phi) is 5.18. The van der Waals surface area contributed by atoms with Crippen molar-refractivity contribution >= 4 is 11.6 Å². The third-order valence-corrected chi connectivity index (χ3v) is 4.54. The first kappa shape index (κ1) is 17.0. The number of ether oxygens (including phenoxy) is 1. The minimum Gasteiger partial charge on any atom is -0.433 e. The van der Waals surface area contributed by atoms with E-state index in [4.69, 9.17) is 0 Å². The summed E-state index contributed by atoms with van der Waals surface area (Å²) < 4.78 is 29.6. The number of hydrogen-bond donors (Lipinski definition) is 1. The second-order valence-electron chi connectivity index (χ2n) is 6.49. The van der Waals surface area contributed by atoms with E-state index >= 15 is 0 Å². The van der Waals surface area contributed by atoms with Crippen LogP contribution >= 0.6 is 0 Å². The summed E-state index contributed by atoms with van der Waals surface area (Å²) in [7, 11) is 1.97. The third-order valence-electron chi connectivity index (χ3n) is 4.54. The molecule has 5 nitrogen and oxygen atoms in total. The van der Waals surface area contributed by atoms with E-state index in [9.17, 15) is 13.6 Å².